The van der Waals surface area contributed by atoms with Crippen LogP contribution in [0, 0.1) is 5.92 Å². The molecule has 0 aromatic heterocycles. The van der Waals surface area contributed by atoms with Crippen LogP contribution in [-0.4, -0.2) is 20.1 Å². The van der Waals surface area contributed by atoms with E-state index in [-0.39, 0.29) is 0 Å². The van der Waals surface area contributed by atoms with Gasteiger partial charge in [-0.05, 0) is 49.9 Å². The lowest BCUT2D eigenvalue weighted by Crippen LogP contribution is -2.27. The second kappa shape index (κ2) is 8.05. The van der Waals surface area contributed by atoms with Gasteiger partial charge in [-0.3, -0.25) is 0 Å². The van der Waals surface area contributed by atoms with Gasteiger partial charge >= 0.3 is 0 Å². The summed E-state index contributed by atoms with van der Waals surface area (Å²) in [7, 11) is 2.17. The van der Waals surface area contributed by atoms with Crippen LogP contribution in [0.3, 0.4) is 0 Å². The summed E-state index contributed by atoms with van der Waals surface area (Å²) in [6, 6.07) is 6.84. The fourth-order valence-corrected chi connectivity index (χ4v) is 3.71. The van der Waals surface area contributed by atoms with Gasteiger partial charge in [-0.15, -0.1) is 0 Å². The molecular formula is C18H29ClN2. The minimum Gasteiger partial charge on any atom is -0.373 e. The van der Waals surface area contributed by atoms with Crippen molar-refractivity contribution in [1.82, 2.24) is 5.32 Å². The van der Waals surface area contributed by atoms with Crippen molar-refractivity contribution in [3.8, 4) is 0 Å². The summed E-state index contributed by atoms with van der Waals surface area (Å²) in [4.78, 5) is 2.33. The highest BCUT2D eigenvalue weighted by Gasteiger charge is 2.17. The van der Waals surface area contributed by atoms with Gasteiger partial charge in [0.15, 0.2) is 0 Å². The molecule has 3 heteroatoms. The SMILES string of the molecule is CCNC(C)c1ccc(N(C)CC2CCCCC2)c(Cl)c1. The summed E-state index contributed by atoms with van der Waals surface area (Å²) in [5.41, 5.74) is 2.42. The molecule has 0 radical (unpaired) electrons. The number of halogens is 1. The summed E-state index contributed by atoms with van der Waals surface area (Å²) in [6.45, 7) is 6.41. The number of nitrogens with zero attached hydrogens (tertiary/aromatic N) is 1. The van der Waals surface area contributed by atoms with E-state index in [1.807, 2.05) is 0 Å². The maximum Gasteiger partial charge on any atom is 0.0642 e. The van der Waals surface area contributed by atoms with Gasteiger partial charge < -0.3 is 10.2 Å². The van der Waals surface area contributed by atoms with E-state index in [1.165, 1.54) is 37.7 Å². The Morgan fingerprint density at radius 2 is 2.00 bits per heavy atom. The normalized spacial score (nSPS) is 17.7. The molecule has 2 rings (SSSR count). The lowest BCUT2D eigenvalue weighted by molar-refractivity contribution is 0.362. The second-order valence-electron chi connectivity index (χ2n) is 6.37. The van der Waals surface area contributed by atoms with Crippen LogP contribution in [0.4, 0.5) is 5.69 Å². The predicted octanol–water partition coefficient (Wildman–Crippen LogP) is 5.03. The predicted molar refractivity (Wildman–Crippen MR) is 93.4 cm³/mol. The highest BCUT2D eigenvalue weighted by Crippen LogP contribution is 2.31. The highest BCUT2D eigenvalue weighted by molar-refractivity contribution is 6.33. The van der Waals surface area contributed by atoms with E-state index in [1.54, 1.807) is 0 Å². The molecule has 0 amide bonds. The summed E-state index contributed by atoms with van der Waals surface area (Å²) >= 11 is 6.52. The molecule has 1 aromatic carbocycles. The maximum atomic E-state index is 6.52. The quantitative estimate of drug-likeness (QED) is 0.793. The van der Waals surface area contributed by atoms with E-state index in [9.17, 15) is 0 Å². The molecule has 0 heterocycles. The molecule has 1 N–H and O–H groups in total. The number of benzene rings is 1. The third-order valence-corrected chi connectivity index (χ3v) is 4.95. The lowest BCUT2D eigenvalue weighted by Gasteiger charge is -2.29. The van der Waals surface area contributed by atoms with Gasteiger partial charge in [-0.1, -0.05) is 43.9 Å². The van der Waals surface area contributed by atoms with Crippen molar-refractivity contribution in [2.24, 2.45) is 5.92 Å². The topological polar surface area (TPSA) is 15.3 Å². The molecule has 1 aromatic rings. The van der Waals surface area contributed by atoms with Crippen LogP contribution in [0.15, 0.2) is 18.2 Å². The Hall–Kier alpha value is -0.730. The highest BCUT2D eigenvalue weighted by atomic mass is 35.5. The van der Waals surface area contributed by atoms with Crippen LogP contribution < -0.4 is 10.2 Å². The van der Waals surface area contributed by atoms with E-state index < -0.39 is 0 Å². The summed E-state index contributed by atoms with van der Waals surface area (Å²) in [6.07, 6.45) is 6.95. The van der Waals surface area contributed by atoms with Gasteiger partial charge in [0.05, 0.1) is 10.7 Å². The number of hydrogen-bond acceptors (Lipinski definition) is 2. The minimum absolute atomic E-state index is 0.352. The Morgan fingerprint density at radius 3 is 2.62 bits per heavy atom. The molecule has 0 bridgehead atoms. The third kappa shape index (κ3) is 4.62. The van der Waals surface area contributed by atoms with Crippen LogP contribution in [0.25, 0.3) is 0 Å². The molecule has 1 fully saturated rings. The van der Waals surface area contributed by atoms with Crippen molar-refractivity contribution in [2.75, 3.05) is 25.0 Å². The first-order valence-corrected chi connectivity index (χ1v) is 8.73. The van der Waals surface area contributed by atoms with Gasteiger partial charge in [0.25, 0.3) is 0 Å². The first kappa shape index (κ1) is 16.6. The molecular weight excluding hydrogens is 280 g/mol. The molecule has 0 saturated heterocycles. The molecule has 1 aliphatic carbocycles. The van der Waals surface area contributed by atoms with Gasteiger partial charge in [-0.2, -0.15) is 0 Å². The van der Waals surface area contributed by atoms with Crippen molar-refractivity contribution in [3.05, 3.63) is 28.8 Å². The zero-order chi connectivity index (χ0) is 15.2. The van der Waals surface area contributed by atoms with Gasteiger partial charge in [0.2, 0.25) is 0 Å². The zero-order valence-electron chi connectivity index (χ0n) is 13.7. The number of anilines is 1. The van der Waals surface area contributed by atoms with Crippen molar-refractivity contribution in [1.29, 1.82) is 0 Å². The van der Waals surface area contributed by atoms with E-state index >= 15 is 0 Å². The summed E-state index contributed by atoms with van der Waals surface area (Å²) in [5.74, 6) is 0.833. The lowest BCUT2D eigenvalue weighted by atomic mass is 9.89. The number of rotatable bonds is 6. The van der Waals surface area contributed by atoms with Crippen molar-refractivity contribution in [3.63, 3.8) is 0 Å². The van der Waals surface area contributed by atoms with E-state index in [2.05, 4.69) is 49.3 Å². The second-order valence-corrected chi connectivity index (χ2v) is 6.78. The molecule has 118 valence electrons. The number of hydrogen-bond donors (Lipinski definition) is 1. The molecule has 21 heavy (non-hydrogen) atoms. The molecule has 0 aliphatic heterocycles. The minimum atomic E-state index is 0.352. The Labute approximate surface area is 134 Å². The summed E-state index contributed by atoms with van der Waals surface area (Å²) in [5, 5.41) is 4.30. The molecule has 0 spiro atoms. The molecule has 1 aliphatic rings. The smallest absolute Gasteiger partial charge is 0.0642 e. The third-order valence-electron chi connectivity index (χ3n) is 4.65. The van der Waals surface area contributed by atoms with E-state index in [4.69, 9.17) is 11.6 Å². The Balaban J connectivity index is 2.01. The maximum absolute atomic E-state index is 6.52. The molecule has 2 nitrogen and oxygen atoms in total. The molecule has 1 unspecified atom stereocenters. The van der Waals surface area contributed by atoms with Crippen molar-refractivity contribution in [2.45, 2.75) is 52.0 Å². The fourth-order valence-electron chi connectivity index (χ4n) is 3.38. The van der Waals surface area contributed by atoms with Crippen LogP contribution in [0.2, 0.25) is 5.02 Å². The largest absolute Gasteiger partial charge is 0.373 e. The van der Waals surface area contributed by atoms with Crippen LogP contribution in [0.1, 0.15) is 57.6 Å². The van der Waals surface area contributed by atoms with Crippen LogP contribution in [-0.2, 0) is 0 Å². The van der Waals surface area contributed by atoms with Crippen molar-refractivity contribution >= 4 is 17.3 Å². The van der Waals surface area contributed by atoms with Crippen LogP contribution >= 0.6 is 11.6 Å². The Bertz CT molecular complexity index is 441. The first-order valence-electron chi connectivity index (χ1n) is 8.35. The van der Waals surface area contributed by atoms with E-state index in [0.29, 0.717) is 6.04 Å². The Morgan fingerprint density at radius 1 is 1.29 bits per heavy atom. The van der Waals surface area contributed by atoms with E-state index in [0.717, 1.165) is 29.7 Å². The monoisotopic (exact) mass is 308 g/mol. The fraction of sp³-hybridized carbons (Fsp3) is 0.667. The number of nitrogens with one attached hydrogen (secondary N) is 1. The van der Waals surface area contributed by atoms with Crippen LogP contribution in [0.5, 0.6) is 0 Å². The zero-order valence-corrected chi connectivity index (χ0v) is 14.4. The summed E-state index contributed by atoms with van der Waals surface area (Å²) < 4.78 is 0. The standard InChI is InChI=1S/C18H29ClN2/c1-4-20-14(2)16-10-11-18(17(19)12-16)21(3)13-15-8-6-5-7-9-15/h10-12,14-15,20H,4-9,13H2,1-3H3. The molecule has 1 atom stereocenters. The van der Waals surface area contributed by atoms with Crippen molar-refractivity contribution < 1.29 is 0 Å². The average Bonchev–Trinajstić information content (AvgIpc) is 2.48. The molecule has 1 saturated carbocycles. The Kier molecular flexibility index (Phi) is 6.38. The average molecular weight is 309 g/mol. The van der Waals surface area contributed by atoms with Gasteiger partial charge in [-0.25, -0.2) is 0 Å². The van der Waals surface area contributed by atoms with Gasteiger partial charge in [0.1, 0.15) is 0 Å². The van der Waals surface area contributed by atoms with Gasteiger partial charge in [0, 0.05) is 19.6 Å². The first-order chi connectivity index (χ1) is 10.1.